The van der Waals surface area contributed by atoms with Gasteiger partial charge in [0.25, 0.3) is 5.91 Å². The lowest BCUT2D eigenvalue weighted by Gasteiger charge is -2.23. The van der Waals surface area contributed by atoms with Gasteiger partial charge in [0.1, 0.15) is 11.4 Å². The minimum Gasteiger partial charge on any atom is -0.497 e. The summed E-state index contributed by atoms with van der Waals surface area (Å²) in [6, 6.07) is 9.44. The molecule has 0 saturated carbocycles. The molecule has 0 heterocycles. The van der Waals surface area contributed by atoms with Crippen LogP contribution in [0, 0.1) is 11.6 Å². The molecule has 140 valence electrons. The second-order valence-corrected chi connectivity index (χ2v) is 7.30. The van der Waals surface area contributed by atoms with Crippen LogP contribution in [0.1, 0.15) is 10.4 Å². The number of para-hydroxylation sites is 1. The van der Waals surface area contributed by atoms with Gasteiger partial charge in [-0.1, -0.05) is 12.1 Å². The van der Waals surface area contributed by atoms with Crippen molar-refractivity contribution in [2.45, 2.75) is 0 Å². The van der Waals surface area contributed by atoms with Crippen molar-refractivity contribution in [1.82, 2.24) is 5.32 Å². The number of sulfonamides is 1. The molecule has 2 aromatic carbocycles. The molecule has 0 fully saturated rings. The largest absolute Gasteiger partial charge is 0.497 e. The van der Waals surface area contributed by atoms with E-state index in [0.29, 0.717) is 15.6 Å². The lowest BCUT2D eigenvalue weighted by Crippen LogP contribution is -2.39. The number of halogens is 2. The maximum atomic E-state index is 13.9. The van der Waals surface area contributed by atoms with Crippen molar-refractivity contribution >= 4 is 21.6 Å². The third-order valence-corrected chi connectivity index (χ3v) is 4.69. The smallest absolute Gasteiger partial charge is 0.251 e. The Morgan fingerprint density at radius 2 is 1.77 bits per heavy atom. The van der Waals surface area contributed by atoms with Crippen molar-refractivity contribution in [3.63, 3.8) is 0 Å². The summed E-state index contributed by atoms with van der Waals surface area (Å²) in [5.74, 6) is -1.99. The number of hydrogen-bond donors (Lipinski definition) is 1. The Balaban J connectivity index is 2.12. The second-order valence-electron chi connectivity index (χ2n) is 5.39. The molecule has 0 aliphatic carbocycles. The Hall–Kier alpha value is -2.68. The normalized spacial score (nSPS) is 11.1. The monoisotopic (exact) mass is 384 g/mol. The number of ether oxygens (including phenoxy) is 1. The van der Waals surface area contributed by atoms with Gasteiger partial charge in [0, 0.05) is 12.1 Å². The number of benzene rings is 2. The summed E-state index contributed by atoms with van der Waals surface area (Å²) in [4.78, 5) is 12.1. The molecular formula is C17H18F2N2O4S. The number of hydrogen-bond acceptors (Lipinski definition) is 4. The summed E-state index contributed by atoms with van der Waals surface area (Å²) in [5, 5.41) is 2.52. The van der Waals surface area contributed by atoms with Gasteiger partial charge in [-0.2, -0.15) is 0 Å². The summed E-state index contributed by atoms with van der Waals surface area (Å²) in [6.45, 7) is -0.469. The zero-order valence-electron chi connectivity index (χ0n) is 14.2. The van der Waals surface area contributed by atoms with Crippen LogP contribution in [0.5, 0.6) is 5.75 Å². The van der Waals surface area contributed by atoms with Crippen LogP contribution in [0.15, 0.2) is 42.5 Å². The molecule has 0 bridgehead atoms. The van der Waals surface area contributed by atoms with E-state index in [1.165, 1.54) is 13.2 Å². The fraction of sp³-hybridized carbons (Fsp3) is 0.235. The van der Waals surface area contributed by atoms with Crippen LogP contribution in [0.3, 0.4) is 0 Å². The first kappa shape index (κ1) is 19.6. The van der Waals surface area contributed by atoms with Crippen molar-refractivity contribution in [2.75, 3.05) is 30.8 Å². The predicted molar refractivity (Wildman–Crippen MR) is 93.9 cm³/mol. The van der Waals surface area contributed by atoms with Gasteiger partial charge in [-0.05, 0) is 30.3 Å². The van der Waals surface area contributed by atoms with Gasteiger partial charge in [-0.3, -0.25) is 9.10 Å². The lowest BCUT2D eigenvalue weighted by molar-refractivity contribution is 0.0954. The van der Waals surface area contributed by atoms with Gasteiger partial charge in [0.15, 0.2) is 11.6 Å². The number of anilines is 1. The van der Waals surface area contributed by atoms with E-state index in [9.17, 15) is 22.0 Å². The van der Waals surface area contributed by atoms with E-state index in [1.54, 1.807) is 18.2 Å². The molecule has 0 aliphatic rings. The molecular weight excluding hydrogens is 366 g/mol. The van der Waals surface area contributed by atoms with E-state index in [4.69, 9.17) is 4.74 Å². The molecule has 0 unspecified atom stereocenters. The van der Waals surface area contributed by atoms with Crippen molar-refractivity contribution in [2.24, 2.45) is 0 Å². The molecule has 1 N–H and O–H groups in total. The van der Waals surface area contributed by atoms with Crippen LogP contribution in [0.25, 0.3) is 0 Å². The highest BCUT2D eigenvalue weighted by molar-refractivity contribution is 7.92. The van der Waals surface area contributed by atoms with Crippen LogP contribution in [-0.4, -0.2) is 40.8 Å². The Morgan fingerprint density at radius 1 is 1.15 bits per heavy atom. The van der Waals surface area contributed by atoms with E-state index >= 15 is 0 Å². The molecule has 9 heteroatoms. The quantitative estimate of drug-likeness (QED) is 0.794. The highest BCUT2D eigenvalue weighted by atomic mass is 32.2. The number of carbonyl (C=O) groups excluding carboxylic acids is 1. The van der Waals surface area contributed by atoms with Gasteiger partial charge >= 0.3 is 0 Å². The van der Waals surface area contributed by atoms with Gasteiger partial charge in [-0.25, -0.2) is 17.2 Å². The first-order chi connectivity index (χ1) is 12.2. The van der Waals surface area contributed by atoms with Gasteiger partial charge < -0.3 is 10.1 Å². The first-order valence-corrected chi connectivity index (χ1v) is 9.43. The van der Waals surface area contributed by atoms with Crippen molar-refractivity contribution in [3.05, 3.63) is 59.7 Å². The highest BCUT2D eigenvalue weighted by Gasteiger charge is 2.24. The molecule has 2 rings (SSSR count). The van der Waals surface area contributed by atoms with Gasteiger partial charge in [0.05, 0.1) is 19.9 Å². The molecule has 1 amide bonds. The number of methoxy groups -OCH3 is 1. The number of carbonyl (C=O) groups is 1. The highest BCUT2D eigenvalue weighted by Crippen LogP contribution is 2.25. The first-order valence-electron chi connectivity index (χ1n) is 7.58. The summed E-state index contributed by atoms with van der Waals surface area (Å²) in [7, 11) is -2.49. The summed E-state index contributed by atoms with van der Waals surface area (Å²) in [5.41, 5.74) is -0.363. The number of rotatable bonds is 7. The predicted octanol–water partition coefficient (Wildman–Crippen LogP) is 2.17. The zero-order chi connectivity index (χ0) is 19.3. The molecule has 26 heavy (non-hydrogen) atoms. The fourth-order valence-electron chi connectivity index (χ4n) is 2.31. The standard InChI is InChI=1S/C17H18F2N2O4S/c1-25-13-6-3-5-12(11-13)17(22)20-9-10-21(26(2,23)24)16-14(18)7-4-8-15(16)19/h3-8,11H,9-10H2,1-2H3,(H,20,22). The SMILES string of the molecule is COc1cccc(C(=O)NCCN(c2c(F)cccc2F)S(C)(=O)=O)c1. The number of nitrogens with zero attached hydrogens (tertiary/aromatic N) is 1. The van der Waals surface area contributed by atoms with Crippen LogP contribution in [-0.2, 0) is 10.0 Å². The van der Waals surface area contributed by atoms with E-state index < -0.39 is 33.3 Å². The van der Waals surface area contributed by atoms with Gasteiger partial charge in [0.2, 0.25) is 10.0 Å². The summed E-state index contributed by atoms with van der Waals surface area (Å²) in [6.07, 6.45) is 0.836. The minimum absolute atomic E-state index is 0.142. The van der Waals surface area contributed by atoms with Crippen LogP contribution < -0.4 is 14.4 Å². The third kappa shape index (κ3) is 4.69. The van der Waals surface area contributed by atoms with E-state index in [2.05, 4.69) is 5.32 Å². The van der Waals surface area contributed by atoms with Crippen molar-refractivity contribution in [1.29, 1.82) is 0 Å². The van der Waals surface area contributed by atoms with Crippen LogP contribution in [0.2, 0.25) is 0 Å². The second kappa shape index (κ2) is 8.13. The number of amides is 1. The molecule has 0 atom stereocenters. The summed E-state index contributed by atoms with van der Waals surface area (Å²) < 4.78 is 57.3. The van der Waals surface area contributed by atoms with Crippen molar-refractivity contribution in [3.8, 4) is 5.75 Å². The Kier molecular flexibility index (Phi) is 6.14. The van der Waals surface area contributed by atoms with Crippen molar-refractivity contribution < 1.29 is 26.7 Å². The maximum Gasteiger partial charge on any atom is 0.251 e. The van der Waals surface area contributed by atoms with E-state index in [-0.39, 0.29) is 13.1 Å². The molecule has 0 aromatic heterocycles. The van der Waals surface area contributed by atoms with Gasteiger partial charge in [-0.15, -0.1) is 0 Å². The van der Waals surface area contributed by atoms with Crippen LogP contribution >= 0.6 is 0 Å². The van der Waals surface area contributed by atoms with E-state index in [1.807, 2.05) is 0 Å². The van der Waals surface area contributed by atoms with E-state index in [0.717, 1.165) is 24.5 Å². The summed E-state index contributed by atoms with van der Waals surface area (Å²) >= 11 is 0. The molecule has 2 aromatic rings. The molecule has 0 spiro atoms. The molecule has 0 radical (unpaired) electrons. The Labute approximate surface area is 150 Å². The average molecular weight is 384 g/mol. The third-order valence-electron chi connectivity index (χ3n) is 3.52. The molecule has 0 saturated heterocycles. The molecule has 0 aliphatic heterocycles. The Bertz CT molecular complexity index is 883. The number of nitrogens with one attached hydrogen (secondary N) is 1. The lowest BCUT2D eigenvalue weighted by atomic mass is 10.2. The average Bonchev–Trinajstić information content (AvgIpc) is 2.59. The topological polar surface area (TPSA) is 75.7 Å². The maximum absolute atomic E-state index is 13.9. The molecule has 6 nitrogen and oxygen atoms in total. The van der Waals surface area contributed by atoms with Crippen LogP contribution in [0.4, 0.5) is 14.5 Å². The fourth-order valence-corrected chi connectivity index (χ4v) is 3.24. The Morgan fingerprint density at radius 3 is 2.35 bits per heavy atom. The zero-order valence-corrected chi connectivity index (χ0v) is 15.0. The minimum atomic E-state index is -3.95.